The van der Waals surface area contributed by atoms with Crippen molar-refractivity contribution < 1.29 is 4.39 Å². The van der Waals surface area contributed by atoms with Gasteiger partial charge in [-0.15, -0.1) is 0 Å². The summed E-state index contributed by atoms with van der Waals surface area (Å²) in [5, 5.41) is 3.99. The van der Waals surface area contributed by atoms with E-state index in [0.717, 1.165) is 31.5 Å². The van der Waals surface area contributed by atoms with Gasteiger partial charge in [0.25, 0.3) is 5.56 Å². The zero-order chi connectivity index (χ0) is 14.8. The number of halogens is 1. The molecule has 2 heterocycles. The van der Waals surface area contributed by atoms with Crippen molar-refractivity contribution in [2.75, 3.05) is 13.1 Å². The minimum Gasteiger partial charge on any atom is -0.317 e. The van der Waals surface area contributed by atoms with E-state index in [2.05, 4.69) is 15.3 Å². The molecule has 2 N–H and O–H groups in total. The fraction of sp³-hybridized carbons (Fsp3) is 0.467. The average molecular weight is 307 g/mol. The second-order valence-corrected chi connectivity index (χ2v) is 6.65. The quantitative estimate of drug-likeness (QED) is 0.914. The Morgan fingerprint density at radius 2 is 2.14 bits per heavy atom. The van der Waals surface area contributed by atoms with Gasteiger partial charge in [-0.1, -0.05) is 6.07 Å². The lowest BCUT2D eigenvalue weighted by atomic mass is 10.1. The maximum atomic E-state index is 13.8. The fourth-order valence-corrected chi connectivity index (χ4v) is 3.71. The first-order valence-electron chi connectivity index (χ1n) is 7.15. The van der Waals surface area contributed by atoms with Crippen LogP contribution in [0, 0.1) is 12.7 Å². The third-order valence-electron chi connectivity index (χ3n) is 3.80. The monoisotopic (exact) mass is 307 g/mol. The van der Waals surface area contributed by atoms with Gasteiger partial charge in [0, 0.05) is 5.25 Å². The molecule has 1 aromatic heterocycles. The number of benzene rings is 1. The molecule has 1 aliphatic heterocycles. The van der Waals surface area contributed by atoms with Crippen LogP contribution in [0.15, 0.2) is 16.9 Å². The molecule has 2 aromatic rings. The highest BCUT2D eigenvalue weighted by Crippen LogP contribution is 2.24. The van der Waals surface area contributed by atoms with Crippen LogP contribution in [-0.2, 0) is 5.75 Å². The van der Waals surface area contributed by atoms with Gasteiger partial charge >= 0.3 is 0 Å². The smallest absolute Gasteiger partial charge is 0.261 e. The molecule has 1 aromatic carbocycles. The van der Waals surface area contributed by atoms with Crippen LogP contribution in [0.3, 0.4) is 0 Å². The van der Waals surface area contributed by atoms with Gasteiger partial charge in [0.2, 0.25) is 0 Å². The Hall–Kier alpha value is -1.40. The molecule has 0 spiro atoms. The van der Waals surface area contributed by atoms with Gasteiger partial charge in [-0.05, 0) is 44.5 Å². The topological polar surface area (TPSA) is 57.8 Å². The van der Waals surface area contributed by atoms with Crippen LogP contribution in [0.2, 0.25) is 0 Å². The van der Waals surface area contributed by atoms with Gasteiger partial charge in [0.05, 0.1) is 11.3 Å². The number of aromatic amines is 1. The van der Waals surface area contributed by atoms with Crippen molar-refractivity contribution in [3.05, 3.63) is 39.7 Å². The molecule has 6 heteroatoms. The molecule has 0 bridgehead atoms. The number of hydrogen-bond donors (Lipinski definition) is 2. The molecule has 0 aliphatic carbocycles. The zero-order valence-corrected chi connectivity index (χ0v) is 12.7. The Morgan fingerprint density at radius 3 is 2.90 bits per heavy atom. The van der Waals surface area contributed by atoms with Crippen LogP contribution >= 0.6 is 11.8 Å². The van der Waals surface area contributed by atoms with Gasteiger partial charge in [0.1, 0.15) is 17.0 Å². The number of piperidine rings is 1. The summed E-state index contributed by atoms with van der Waals surface area (Å²) in [6, 6.07) is 2.98. The summed E-state index contributed by atoms with van der Waals surface area (Å²) < 4.78 is 13.8. The summed E-state index contributed by atoms with van der Waals surface area (Å²) in [5.41, 5.74) is 0.910. The Bertz CT molecular complexity index is 710. The van der Waals surface area contributed by atoms with Gasteiger partial charge in [0.15, 0.2) is 0 Å². The summed E-state index contributed by atoms with van der Waals surface area (Å²) in [6.45, 7) is 3.94. The van der Waals surface area contributed by atoms with Crippen LogP contribution in [0.4, 0.5) is 4.39 Å². The molecule has 1 fully saturated rings. The molecular weight excluding hydrogens is 289 g/mol. The molecule has 112 valence electrons. The molecule has 0 saturated carbocycles. The molecule has 0 unspecified atom stereocenters. The fourth-order valence-electron chi connectivity index (χ4n) is 2.61. The Morgan fingerprint density at radius 1 is 1.38 bits per heavy atom. The van der Waals surface area contributed by atoms with Crippen molar-refractivity contribution in [3.63, 3.8) is 0 Å². The van der Waals surface area contributed by atoms with E-state index in [0.29, 0.717) is 22.3 Å². The highest BCUT2D eigenvalue weighted by atomic mass is 32.2. The Balaban J connectivity index is 1.86. The molecule has 0 atom stereocenters. The number of hydrogen-bond acceptors (Lipinski definition) is 4. The largest absolute Gasteiger partial charge is 0.317 e. The van der Waals surface area contributed by atoms with Crippen LogP contribution < -0.4 is 10.9 Å². The number of H-pyrrole nitrogens is 1. The third kappa shape index (κ3) is 3.11. The van der Waals surface area contributed by atoms with Crippen LogP contribution in [0.5, 0.6) is 0 Å². The molecular formula is C15H18FN3OS. The zero-order valence-electron chi connectivity index (χ0n) is 11.9. The maximum Gasteiger partial charge on any atom is 0.261 e. The van der Waals surface area contributed by atoms with E-state index in [-0.39, 0.29) is 10.9 Å². The van der Waals surface area contributed by atoms with Crippen molar-refractivity contribution in [2.45, 2.75) is 30.8 Å². The standard InChI is InChI=1S/C15H18FN3OS/c1-9-2-3-11(16)13-14(9)18-12(19-15(13)20)8-21-10-4-6-17-7-5-10/h2-3,10,17H,4-8H2,1H3,(H,18,19,20). The number of aryl methyl sites for hydroxylation is 1. The lowest BCUT2D eigenvalue weighted by molar-refractivity contribution is 0.531. The summed E-state index contributed by atoms with van der Waals surface area (Å²) in [5.74, 6) is 0.776. The highest BCUT2D eigenvalue weighted by molar-refractivity contribution is 7.99. The minimum absolute atomic E-state index is 0.0608. The summed E-state index contributed by atoms with van der Waals surface area (Å²) >= 11 is 1.81. The van der Waals surface area contributed by atoms with E-state index >= 15 is 0 Å². The first kappa shape index (κ1) is 14.5. The van der Waals surface area contributed by atoms with Gasteiger partial charge < -0.3 is 10.3 Å². The normalized spacial score (nSPS) is 16.5. The van der Waals surface area contributed by atoms with E-state index in [1.165, 1.54) is 6.07 Å². The average Bonchev–Trinajstić information content (AvgIpc) is 2.50. The molecule has 21 heavy (non-hydrogen) atoms. The Labute approximate surface area is 126 Å². The van der Waals surface area contributed by atoms with Crippen molar-refractivity contribution in [1.82, 2.24) is 15.3 Å². The summed E-state index contributed by atoms with van der Waals surface area (Å²) in [4.78, 5) is 19.2. The number of fused-ring (bicyclic) bond motifs is 1. The number of nitrogens with zero attached hydrogens (tertiary/aromatic N) is 1. The highest BCUT2D eigenvalue weighted by Gasteiger charge is 2.15. The number of nitrogens with one attached hydrogen (secondary N) is 2. The number of rotatable bonds is 3. The first-order chi connectivity index (χ1) is 10.1. The van der Waals surface area contributed by atoms with E-state index in [1.807, 2.05) is 18.7 Å². The molecule has 1 aliphatic rings. The maximum absolute atomic E-state index is 13.8. The molecule has 4 nitrogen and oxygen atoms in total. The van der Waals surface area contributed by atoms with Gasteiger partial charge in [-0.2, -0.15) is 11.8 Å². The third-order valence-corrected chi connectivity index (χ3v) is 5.19. The van der Waals surface area contributed by atoms with Crippen molar-refractivity contribution in [3.8, 4) is 0 Å². The SMILES string of the molecule is Cc1ccc(F)c2c(=O)[nH]c(CSC3CCNCC3)nc12. The predicted molar refractivity (Wildman–Crippen MR) is 84.2 cm³/mol. The van der Waals surface area contributed by atoms with E-state index in [4.69, 9.17) is 0 Å². The second-order valence-electron chi connectivity index (χ2n) is 5.36. The van der Waals surface area contributed by atoms with Gasteiger partial charge in [-0.3, -0.25) is 4.79 Å². The second kappa shape index (κ2) is 6.15. The molecule has 3 rings (SSSR count). The lowest BCUT2D eigenvalue weighted by Crippen LogP contribution is -2.29. The first-order valence-corrected chi connectivity index (χ1v) is 8.20. The van der Waals surface area contributed by atoms with Crippen LogP contribution in [0.1, 0.15) is 24.2 Å². The lowest BCUT2D eigenvalue weighted by Gasteiger charge is -2.21. The van der Waals surface area contributed by atoms with Crippen LogP contribution in [-0.4, -0.2) is 28.3 Å². The van der Waals surface area contributed by atoms with Crippen LogP contribution in [0.25, 0.3) is 10.9 Å². The molecule has 0 amide bonds. The van der Waals surface area contributed by atoms with Crippen molar-refractivity contribution in [1.29, 1.82) is 0 Å². The molecule has 1 saturated heterocycles. The molecule has 0 radical (unpaired) electrons. The summed E-state index contributed by atoms with van der Waals surface area (Å²) in [6.07, 6.45) is 2.27. The van der Waals surface area contributed by atoms with E-state index < -0.39 is 5.82 Å². The van der Waals surface area contributed by atoms with Crippen molar-refractivity contribution >= 4 is 22.7 Å². The predicted octanol–water partition coefficient (Wildman–Crippen LogP) is 2.36. The van der Waals surface area contributed by atoms with E-state index in [9.17, 15) is 9.18 Å². The van der Waals surface area contributed by atoms with Crippen molar-refractivity contribution in [2.24, 2.45) is 0 Å². The number of aromatic nitrogens is 2. The van der Waals surface area contributed by atoms with E-state index in [1.54, 1.807) is 6.07 Å². The van der Waals surface area contributed by atoms with Gasteiger partial charge in [-0.25, -0.2) is 9.37 Å². The number of thioether (sulfide) groups is 1. The Kier molecular flexibility index (Phi) is 4.26. The summed E-state index contributed by atoms with van der Waals surface area (Å²) in [7, 11) is 0. The minimum atomic E-state index is -0.512.